The van der Waals surface area contributed by atoms with Gasteiger partial charge >= 0.3 is 6.18 Å². The zero-order valence-electron chi connectivity index (χ0n) is 11.4. The lowest BCUT2D eigenvalue weighted by molar-refractivity contribution is -0.137. The van der Waals surface area contributed by atoms with Gasteiger partial charge in [0.15, 0.2) is 0 Å². The van der Waals surface area contributed by atoms with E-state index in [0.717, 1.165) is 23.5 Å². The van der Waals surface area contributed by atoms with Crippen LogP contribution in [0.5, 0.6) is 0 Å². The predicted molar refractivity (Wildman–Crippen MR) is 74.2 cm³/mol. The first-order valence-corrected chi connectivity index (χ1v) is 6.13. The molecule has 0 amide bonds. The number of benzene rings is 1. The number of hydrogen-bond acceptors (Lipinski definition) is 4. The summed E-state index contributed by atoms with van der Waals surface area (Å²) in [5.74, 6) is 0.302. The van der Waals surface area contributed by atoms with Crippen LogP contribution >= 0.6 is 0 Å². The molecule has 1 heterocycles. The molecule has 0 aliphatic carbocycles. The molecule has 0 spiro atoms. The lowest BCUT2D eigenvalue weighted by Gasteiger charge is -2.06. The van der Waals surface area contributed by atoms with Crippen molar-refractivity contribution < 1.29 is 13.2 Å². The molecule has 7 heteroatoms. The van der Waals surface area contributed by atoms with Crippen LogP contribution in [0.1, 0.15) is 22.5 Å². The van der Waals surface area contributed by atoms with E-state index in [1.165, 1.54) is 18.3 Å². The Morgan fingerprint density at radius 2 is 1.76 bits per heavy atom. The first-order chi connectivity index (χ1) is 9.84. The number of aryl methyl sites for hydroxylation is 2. The summed E-state index contributed by atoms with van der Waals surface area (Å²) < 4.78 is 37.7. The van der Waals surface area contributed by atoms with Crippen LogP contribution < -0.4 is 5.43 Å². The van der Waals surface area contributed by atoms with Crippen molar-refractivity contribution in [3.63, 3.8) is 0 Å². The third-order valence-corrected chi connectivity index (χ3v) is 2.57. The smallest absolute Gasteiger partial charge is 0.245 e. The predicted octanol–water partition coefficient (Wildman–Crippen LogP) is 3.56. The Labute approximate surface area is 119 Å². The van der Waals surface area contributed by atoms with Crippen LogP contribution in [-0.4, -0.2) is 16.2 Å². The number of aromatic nitrogens is 2. The van der Waals surface area contributed by atoms with Crippen molar-refractivity contribution in [1.82, 2.24) is 9.97 Å². The summed E-state index contributed by atoms with van der Waals surface area (Å²) in [4.78, 5) is 8.21. The van der Waals surface area contributed by atoms with Gasteiger partial charge in [-0.1, -0.05) is 12.1 Å². The van der Waals surface area contributed by atoms with Gasteiger partial charge in [-0.2, -0.15) is 18.3 Å². The van der Waals surface area contributed by atoms with Crippen molar-refractivity contribution in [2.45, 2.75) is 20.0 Å². The normalized spacial score (nSPS) is 11.9. The molecule has 110 valence electrons. The van der Waals surface area contributed by atoms with Crippen molar-refractivity contribution in [1.29, 1.82) is 0 Å². The Morgan fingerprint density at radius 1 is 1.10 bits per heavy atom. The van der Waals surface area contributed by atoms with Crippen LogP contribution in [-0.2, 0) is 6.18 Å². The van der Waals surface area contributed by atoms with Crippen molar-refractivity contribution >= 4 is 12.2 Å². The fourth-order valence-corrected chi connectivity index (χ4v) is 1.74. The van der Waals surface area contributed by atoms with Crippen LogP contribution in [0.3, 0.4) is 0 Å². The topological polar surface area (TPSA) is 50.2 Å². The SMILES string of the molecule is Cc1cc(C)nc(N/N=C\c2cccc(C(F)(F)F)c2)n1. The number of hydrogen-bond donors (Lipinski definition) is 1. The Hall–Kier alpha value is -2.44. The van der Waals surface area contributed by atoms with Gasteiger partial charge in [0.25, 0.3) is 0 Å². The van der Waals surface area contributed by atoms with E-state index < -0.39 is 11.7 Å². The van der Waals surface area contributed by atoms with Crippen LogP contribution in [0, 0.1) is 13.8 Å². The van der Waals surface area contributed by atoms with E-state index in [1.54, 1.807) is 0 Å². The summed E-state index contributed by atoms with van der Waals surface area (Å²) in [7, 11) is 0. The summed E-state index contributed by atoms with van der Waals surface area (Å²) >= 11 is 0. The van der Waals surface area contributed by atoms with Crippen molar-refractivity contribution in [3.8, 4) is 0 Å². The largest absolute Gasteiger partial charge is 0.416 e. The molecule has 21 heavy (non-hydrogen) atoms. The van der Waals surface area contributed by atoms with Gasteiger partial charge in [-0.05, 0) is 37.6 Å². The Balaban J connectivity index is 2.11. The molecule has 0 saturated carbocycles. The van der Waals surface area contributed by atoms with Gasteiger partial charge in [0.2, 0.25) is 5.95 Å². The van der Waals surface area contributed by atoms with Crippen molar-refractivity contribution in [2.75, 3.05) is 5.43 Å². The molecule has 1 N–H and O–H groups in total. The average molecular weight is 294 g/mol. The lowest BCUT2D eigenvalue weighted by atomic mass is 10.1. The molecule has 2 rings (SSSR count). The zero-order chi connectivity index (χ0) is 15.5. The van der Waals surface area contributed by atoms with E-state index in [0.29, 0.717) is 11.5 Å². The van der Waals surface area contributed by atoms with E-state index >= 15 is 0 Å². The summed E-state index contributed by atoms with van der Waals surface area (Å²) in [6, 6.07) is 6.70. The number of hydrazone groups is 1. The highest BCUT2D eigenvalue weighted by molar-refractivity contribution is 5.80. The molecule has 0 unspecified atom stereocenters. The molecule has 0 atom stereocenters. The van der Waals surface area contributed by atoms with Gasteiger partial charge in [-0.25, -0.2) is 15.4 Å². The fourth-order valence-electron chi connectivity index (χ4n) is 1.74. The fraction of sp³-hybridized carbons (Fsp3) is 0.214. The van der Waals surface area contributed by atoms with Crippen LogP contribution in [0.4, 0.5) is 19.1 Å². The van der Waals surface area contributed by atoms with Crippen LogP contribution in [0.15, 0.2) is 35.4 Å². The second-order valence-corrected chi connectivity index (χ2v) is 4.47. The molecule has 1 aromatic heterocycles. The van der Waals surface area contributed by atoms with Crippen LogP contribution in [0.25, 0.3) is 0 Å². The number of halogens is 3. The van der Waals surface area contributed by atoms with Gasteiger partial charge in [-0.3, -0.25) is 0 Å². The Morgan fingerprint density at radius 3 is 2.38 bits per heavy atom. The van der Waals surface area contributed by atoms with E-state index in [1.807, 2.05) is 19.9 Å². The summed E-state index contributed by atoms with van der Waals surface area (Å²) in [6.45, 7) is 3.63. The highest BCUT2D eigenvalue weighted by Gasteiger charge is 2.30. The maximum absolute atomic E-state index is 12.6. The highest BCUT2D eigenvalue weighted by Crippen LogP contribution is 2.29. The third kappa shape index (κ3) is 4.27. The van der Waals surface area contributed by atoms with Gasteiger partial charge in [-0.15, -0.1) is 0 Å². The number of nitrogens with one attached hydrogen (secondary N) is 1. The molecule has 2 aromatic rings. The van der Waals surface area contributed by atoms with Gasteiger partial charge in [0.05, 0.1) is 11.8 Å². The molecule has 1 aromatic carbocycles. The van der Waals surface area contributed by atoms with Gasteiger partial charge < -0.3 is 0 Å². The van der Waals surface area contributed by atoms with E-state index in [4.69, 9.17) is 0 Å². The van der Waals surface area contributed by atoms with E-state index in [9.17, 15) is 13.2 Å². The van der Waals surface area contributed by atoms with E-state index in [-0.39, 0.29) is 0 Å². The maximum atomic E-state index is 12.6. The molecular formula is C14H13F3N4. The highest BCUT2D eigenvalue weighted by atomic mass is 19.4. The standard InChI is InChI=1S/C14H13F3N4/c1-9-6-10(2)20-13(19-9)21-18-8-11-4-3-5-12(7-11)14(15,16)17/h3-8H,1-2H3,(H,19,20,21)/b18-8-. The molecular weight excluding hydrogens is 281 g/mol. The molecule has 0 aliphatic heterocycles. The minimum Gasteiger partial charge on any atom is -0.245 e. The Bertz CT molecular complexity index is 645. The van der Waals surface area contributed by atoms with Crippen molar-refractivity contribution in [3.05, 3.63) is 52.8 Å². The summed E-state index contributed by atoms with van der Waals surface area (Å²) in [5, 5.41) is 3.85. The Kier molecular flexibility index (Phi) is 4.21. The number of nitrogens with zero attached hydrogens (tertiary/aromatic N) is 3. The molecule has 0 fully saturated rings. The quantitative estimate of drug-likeness (QED) is 0.695. The molecule has 0 aliphatic rings. The summed E-state index contributed by atoms with van der Waals surface area (Å²) in [5.41, 5.74) is 3.77. The van der Waals surface area contributed by atoms with E-state index in [2.05, 4.69) is 20.5 Å². The van der Waals surface area contributed by atoms with Gasteiger partial charge in [0.1, 0.15) is 0 Å². The molecule has 0 bridgehead atoms. The lowest BCUT2D eigenvalue weighted by Crippen LogP contribution is -2.05. The number of alkyl halides is 3. The average Bonchev–Trinajstić information content (AvgIpc) is 2.37. The minimum absolute atomic E-state index is 0.302. The zero-order valence-corrected chi connectivity index (χ0v) is 11.4. The first kappa shape index (κ1) is 15.0. The second kappa shape index (κ2) is 5.90. The minimum atomic E-state index is -4.37. The first-order valence-electron chi connectivity index (χ1n) is 6.13. The van der Waals surface area contributed by atoms with Crippen LogP contribution in [0.2, 0.25) is 0 Å². The molecule has 0 saturated heterocycles. The van der Waals surface area contributed by atoms with Gasteiger partial charge in [0, 0.05) is 11.4 Å². The second-order valence-electron chi connectivity index (χ2n) is 4.47. The molecule has 4 nitrogen and oxygen atoms in total. The monoisotopic (exact) mass is 294 g/mol. The summed E-state index contributed by atoms with van der Waals surface area (Å²) in [6.07, 6.45) is -3.08. The van der Waals surface area contributed by atoms with Crippen molar-refractivity contribution in [2.24, 2.45) is 5.10 Å². The maximum Gasteiger partial charge on any atom is 0.416 e. The number of rotatable bonds is 3. The number of anilines is 1. The molecule has 0 radical (unpaired) electrons. The third-order valence-electron chi connectivity index (χ3n) is 2.57.